The molecule has 7 nitrogen and oxygen atoms in total. The topological polar surface area (TPSA) is 104 Å². The van der Waals surface area contributed by atoms with Crippen molar-refractivity contribution in [1.29, 1.82) is 0 Å². The SMILES string of the molecule is CCCc1cc2c(c(=O)n1CCO)C(c1ccc(Cl)c(Cl)c1)C(C(=O)OC)=C(N)O2. The molecule has 0 fully saturated rings. The molecule has 3 rings (SSSR count). The monoisotopic (exact) mass is 452 g/mol. The lowest BCUT2D eigenvalue weighted by Crippen LogP contribution is -2.36. The predicted octanol–water partition coefficient (Wildman–Crippen LogP) is 2.97. The lowest BCUT2D eigenvalue weighted by molar-refractivity contribution is -0.136. The van der Waals surface area contributed by atoms with E-state index in [9.17, 15) is 14.7 Å². The molecule has 2 heterocycles. The van der Waals surface area contributed by atoms with E-state index in [0.29, 0.717) is 22.7 Å². The third-order valence-electron chi connectivity index (χ3n) is 4.96. The molecular formula is C21H22Cl2N2O5. The summed E-state index contributed by atoms with van der Waals surface area (Å²) in [6, 6.07) is 6.55. The molecule has 3 N–H and O–H groups in total. The molecule has 1 atom stereocenters. The van der Waals surface area contributed by atoms with Gasteiger partial charge in [0.15, 0.2) is 0 Å². The molecule has 160 valence electrons. The second kappa shape index (κ2) is 9.12. The number of aliphatic hydroxyl groups excluding tert-OH is 1. The van der Waals surface area contributed by atoms with Crippen LogP contribution in [0.5, 0.6) is 5.75 Å². The molecule has 0 radical (unpaired) electrons. The highest BCUT2D eigenvalue weighted by Crippen LogP contribution is 2.42. The second-order valence-corrected chi connectivity index (χ2v) is 7.64. The van der Waals surface area contributed by atoms with Gasteiger partial charge in [0.25, 0.3) is 5.56 Å². The zero-order valence-electron chi connectivity index (χ0n) is 16.6. The number of hydrogen-bond donors (Lipinski definition) is 2. The Morgan fingerprint density at radius 3 is 2.63 bits per heavy atom. The summed E-state index contributed by atoms with van der Waals surface area (Å²) in [4.78, 5) is 26.1. The van der Waals surface area contributed by atoms with Crippen LogP contribution in [0.1, 0.15) is 36.1 Å². The van der Waals surface area contributed by atoms with E-state index < -0.39 is 11.9 Å². The minimum Gasteiger partial charge on any atom is -0.465 e. The number of nitrogens with zero attached hydrogens (tertiary/aromatic N) is 1. The van der Waals surface area contributed by atoms with Crippen molar-refractivity contribution in [2.45, 2.75) is 32.2 Å². The number of methoxy groups -OCH3 is 1. The Bertz CT molecular complexity index is 1080. The van der Waals surface area contributed by atoms with Crippen molar-refractivity contribution in [2.24, 2.45) is 5.73 Å². The fourth-order valence-electron chi connectivity index (χ4n) is 3.66. The fourth-order valence-corrected chi connectivity index (χ4v) is 3.97. The van der Waals surface area contributed by atoms with Crippen molar-refractivity contribution >= 4 is 29.2 Å². The lowest BCUT2D eigenvalue weighted by atomic mass is 9.83. The highest BCUT2D eigenvalue weighted by atomic mass is 35.5. The normalized spacial score (nSPS) is 15.6. The number of aliphatic hydroxyl groups is 1. The number of carbonyl (C=O) groups excluding carboxylic acids is 1. The summed E-state index contributed by atoms with van der Waals surface area (Å²) in [5, 5.41) is 10.1. The molecule has 0 saturated heterocycles. The lowest BCUT2D eigenvalue weighted by Gasteiger charge is -2.29. The van der Waals surface area contributed by atoms with Gasteiger partial charge in [-0.15, -0.1) is 0 Å². The van der Waals surface area contributed by atoms with Crippen molar-refractivity contribution < 1.29 is 19.4 Å². The van der Waals surface area contributed by atoms with Crippen LogP contribution in [-0.4, -0.2) is 29.4 Å². The maximum Gasteiger partial charge on any atom is 0.340 e. The third kappa shape index (κ3) is 3.93. The number of halogens is 2. The van der Waals surface area contributed by atoms with Gasteiger partial charge in [-0.05, 0) is 24.1 Å². The van der Waals surface area contributed by atoms with Crippen LogP contribution in [0.15, 0.2) is 40.5 Å². The zero-order chi connectivity index (χ0) is 22.0. The first-order chi connectivity index (χ1) is 14.3. The van der Waals surface area contributed by atoms with E-state index in [2.05, 4.69) is 0 Å². The average molecular weight is 453 g/mol. The average Bonchev–Trinajstić information content (AvgIpc) is 2.71. The number of aromatic nitrogens is 1. The molecule has 1 aliphatic heterocycles. The maximum absolute atomic E-state index is 13.5. The molecule has 1 aliphatic rings. The van der Waals surface area contributed by atoms with Gasteiger partial charge in [-0.3, -0.25) is 4.79 Å². The summed E-state index contributed by atoms with van der Waals surface area (Å²) in [5.74, 6) is -1.48. The summed E-state index contributed by atoms with van der Waals surface area (Å²) in [5.41, 5.74) is 7.17. The van der Waals surface area contributed by atoms with Gasteiger partial charge in [-0.25, -0.2) is 4.79 Å². The van der Waals surface area contributed by atoms with Crippen LogP contribution >= 0.6 is 23.2 Å². The standard InChI is InChI=1S/C21H22Cl2N2O5/c1-3-4-12-10-15-17(20(27)25(12)7-8-26)16(11-5-6-13(22)14(23)9-11)18(19(24)30-15)21(28)29-2/h5-6,9-10,16,26H,3-4,7-8,24H2,1-2H3. The third-order valence-corrected chi connectivity index (χ3v) is 5.70. The van der Waals surface area contributed by atoms with E-state index in [1.54, 1.807) is 24.3 Å². The van der Waals surface area contributed by atoms with E-state index in [1.165, 1.54) is 11.7 Å². The molecule has 1 unspecified atom stereocenters. The van der Waals surface area contributed by atoms with Gasteiger partial charge < -0.3 is 24.9 Å². The number of rotatable bonds is 6. The minimum atomic E-state index is -0.871. The molecule has 1 aromatic carbocycles. The summed E-state index contributed by atoms with van der Waals surface area (Å²) in [6.07, 6.45) is 1.40. The Hall–Kier alpha value is -2.48. The van der Waals surface area contributed by atoms with E-state index in [0.717, 1.165) is 6.42 Å². The summed E-state index contributed by atoms with van der Waals surface area (Å²) < 4.78 is 12.1. The van der Waals surface area contributed by atoms with Gasteiger partial charge in [0.2, 0.25) is 5.88 Å². The molecule has 0 amide bonds. The predicted molar refractivity (Wildman–Crippen MR) is 114 cm³/mol. The smallest absolute Gasteiger partial charge is 0.340 e. The molecule has 30 heavy (non-hydrogen) atoms. The highest BCUT2D eigenvalue weighted by Gasteiger charge is 2.38. The van der Waals surface area contributed by atoms with Crippen LogP contribution < -0.4 is 16.0 Å². The van der Waals surface area contributed by atoms with Crippen molar-refractivity contribution in [3.05, 3.63) is 72.9 Å². The number of esters is 1. The van der Waals surface area contributed by atoms with Crippen LogP contribution in [0, 0.1) is 0 Å². The maximum atomic E-state index is 13.5. The van der Waals surface area contributed by atoms with Crippen molar-refractivity contribution in [3.8, 4) is 5.75 Å². The zero-order valence-corrected chi connectivity index (χ0v) is 18.1. The Labute approximate surface area is 183 Å². The van der Waals surface area contributed by atoms with Gasteiger partial charge in [0.1, 0.15) is 11.3 Å². The summed E-state index contributed by atoms with van der Waals surface area (Å²) in [7, 11) is 1.22. The largest absolute Gasteiger partial charge is 0.465 e. The van der Waals surface area contributed by atoms with Gasteiger partial charge >= 0.3 is 5.97 Å². The molecule has 9 heteroatoms. The number of fused-ring (bicyclic) bond motifs is 1. The van der Waals surface area contributed by atoms with E-state index >= 15 is 0 Å². The molecule has 0 spiro atoms. The van der Waals surface area contributed by atoms with Gasteiger partial charge in [0.05, 0.1) is 35.2 Å². The highest BCUT2D eigenvalue weighted by molar-refractivity contribution is 6.42. The van der Waals surface area contributed by atoms with E-state index in [1.807, 2.05) is 6.92 Å². The molecule has 1 aromatic heterocycles. The van der Waals surface area contributed by atoms with Crippen LogP contribution in [0.4, 0.5) is 0 Å². The number of carbonyl (C=O) groups is 1. The fraction of sp³-hybridized carbons (Fsp3) is 0.333. The molecule has 2 aromatic rings. The van der Waals surface area contributed by atoms with Crippen LogP contribution in [0.25, 0.3) is 0 Å². The first-order valence-electron chi connectivity index (χ1n) is 9.42. The second-order valence-electron chi connectivity index (χ2n) is 6.82. The Morgan fingerprint density at radius 2 is 2.03 bits per heavy atom. The number of nitrogens with two attached hydrogens (primary N) is 1. The van der Waals surface area contributed by atoms with Crippen molar-refractivity contribution in [3.63, 3.8) is 0 Å². The Balaban J connectivity index is 2.34. The first-order valence-corrected chi connectivity index (χ1v) is 10.2. The number of pyridine rings is 1. The van der Waals surface area contributed by atoms with Crippen molar-refractivity contribution in [2.75, 3.05) is 13.7 Å². The Morgan fingerprint density at radius 1 is 1.30 bits per heavy atom. The van der Waals surface area contributed by atoms with Crippen LogP contribution in [0.3, 0.4) is 0 Å². The quantitative estimate of drug-likeness (QED) is 0.652. The Kier molecular flexibility index (Phi) is 6.75. The summed E-state index contributed by atoms with van der Waals surface area (Å²) in [6.45, 7) is 1.88. The van der Waals surface area contributed by atoms with Crippen molar-refractivity contribution in [1.82, 2.24) is 4.57 Å². The van der Waals surface area contributed by atoms with E-state index in [4.69, 9.17) is 38.4 Å². The molecule has 0 aliphatic carbocycles. The van der Waals surface area contributed by atoms with E-state index in [-0.39, 0.29) is 46.5 Å². The number of aryl methyl sites for hydroxylation is 1. The van der Waals surface area contributed by atoms with Gasteiger partial charge in [0, 0.05) is 18.3 Å². The van der Waals surface area contributed by atoms with Crippen LogP contribution in [0.2, 0.25) is 10.0 Å². The number of benzene rings is 1. The minimum absolute atomic E-state index is 0.000667. The molecular weight excluding hydrogens is 431 g/mol. The van der Waals surface area contributed by atoms with Gasteiger partial charge in [-0.2, -0.15) is 0 Å². The molecule has 0 saturated carbocycles. The summed E-state index contributed by atoms with van der Waals surface area (Å²) >= 11 is 12.3. The number of hydrogen-bond acceptors (Lipinski definition) is 6. The van der Waals surface area contributed by atoms with Gasteiger partial charge in [-0.1, -0.05) is 42.6 Å². The molecule has 0 bridgehead atoms. The first kappa shape index (κ1) is 22.2. The number of ether oxygens (including phenoxy) is 2. The van der Waals surface area contributed by atoms with Crippen LogP contribution in [-0.2, 0) is 22.5 Å².